The molecular formula is C20H21N3O4. The fourth-order valence-corrected chi connectivity index (χ4v) is 2.38. The Morgan fingerprint density at radius 1 is 1.19 bits per heavy atom. The monoisotopic (exact) mass is 367 g/mol. The van der Waals surface area contributed by atoms with Crippen molar-refractivity contribution in [2.75, 3.05) is 19.5 Å². The summed E-state index contributed by atoms with van der Waals surface area (Å²) in [7, 11) is 3.08. The smallest absolute Gasteiger partial charge is 0.263 e. The maximum absolute atomic E-state index is 12.4. The summed E-state index contributed by atoms with van der Waals surface area (Å²) in [6.07, 6.45) is 1.30. The molecule has 0 saturated carbocycles. The van der Waals surface area contributed by atoms with E-state index in [1.165, 1.54) is 25.4 Å². The van der Waals surface area contributed by atoms with E-state index in [0.29, 0.717) is 17.2 Å². The SMILES string of the molecule is COc1ccc(C(C)NC(=O)/C(C#N)=C\Nc2cccc(O)c2)cc1OC. The third kappa shape index (κ3) is 5.16. The van der Waals surface area contributed by atoms with Crippen LogP contribution in [0.3, 0.4) is 0 Å². The third-order valence-corrected chi connectivity index (χ3v) is 3.85. The molecule has 1 amide bonds. The molecule has 7 heteroatoms. The molecule has 2 aromatic rings. The molecule has 27 heavy (non-hydrogen) atoms. The summed E-state index contributed by atoms with van der Waals surface area (Å²) >= 11 is 0. The second kappa shape index (κ2) is 9.15. The summed E-state index contributed by atoms with van der Waals surface area (Å²) in [6, 6.07) is 13.2. The zero-order chi connectivity index (χ0) is 19.8. The Labute approximate surface area is 157 Å². The van der Waals surface area contributed by atoms with Crippen LogP contribution in [-0.2, 0) is 4.79 Å². The van der Waals surface area contributed by atoms with Crippen molar-refractivity contribution in [3.8, 4) is 23.3 Å². The van der Waals surface area contributed by atoms with Crippen LogP contribution in [0, 0.1) is 11.3 Å². The molecule has 0 radical (unpaired) electrons. The van der Waals surface area contributed by atoms with Gasteiger partial charge in [-0.25, -0.2) is 0 Å². The first-order chi connectivity index (χ1) is 13.0. The lowest BCUT2D eigenvalue weighted by molar-refractivity contribution is -0.117. The number of phenols is 1. The number of carbonyl (C=O) groups is 1. The number of phenolic OH excluding ortho intramolecular Hbond substituents is 1. The van der Waals surface area contributed by atoms with Crippen molar-refractivity contribution in [3.05, 3.63) is 59.8 Å². The average Bonchev–Trinajstić information content (AvgIpc) is 2.67. The Hall–Kier alpha value is -3.66. The summed E-state index contributed by atoms with van der Waals surface area (Å²) in [5.41, 5.74) is 1.27. The number of nitrogens with one attached hydrogen (secondary N) is 2. The van der Waals surface area contributed by atoms with Crippen LogP contribution in [0.15, 0.2) is 54.2 Å². The second-order valence-electron chi connectivity index (χ2n) is 5.67. The van der Waals surface area contributed by atoms with Gasteiger partial charge in [0, 0.05) is 18.0 Å². The zero-order valence-corrected chi connectivity index (χ0v) is 15.3. The van der Waals surface area contributed by atoms with Gasteiger partial charge in [-0.05, 0) is 36.8 Å². The van der Waals surface area contributed by atoms with Crippen LogP contribution in [0.25, 0.3) is 0 Å². The quantitative estimate of drug-likeness (QED) is 0.513. The van der Waals surface area contributed by atoms with Crippen molar-refractivity contribution >= 4 is 11.6 Å². The number of nitrogens with zero attached hydrogens (tertiary/aromatic N) is 1. The van der Waals surface area contributed by atoms with Crippen LogP contribution in [0.1, 0.15) is 18.5 Å². The van der Waals surface area contributed by atoms with Gasteiger partial charge in [-0.15, -0.1) is 0 Å². The molecule has 140 valence electrons. The number of benzene rings is 2. The van der Waals surface area contributed by atoms with Crippen molar-refractivity contribution in [1.82, 2.24) is 5.32 Å². The number of amides is 1. The molecule has 0 spiro atoms. The zero-order valence-electron chi connectivity index (χ0n) is 15.3. The minimum Gasteiger partial charge on any atom is -0.508 e. The summed E-state index contributed by atoms with van der Waals surface area (Å²) in [5, 5.41) is 24.3. The van der Waals surface area contributed by atoms with E-state index in [-0.39, 0.29) is 17.4 Å². The van der Waals surface area contributed by atoms with Gasteiger partial charge in [0.05, 0.1) is 20.3 Å². The molecule has 0 aliphatic rings. The Balaban J connectivity index is 2.09. The average molecular weight is 367 g/mol. The number of hydrogen-bond acceptors (Lipinski definition) is 6. The van der Waals surface area contributed by atoms with Gasteiger partial charge in [0.25, 0.3) is 5.91 Å². The molecule has 1 unspecified atom stereocenters. The van der Waals surface area contributed by atoms with Gasteiger partial charge in [0.15, 0.2) is 11.5 Å². The molecule has 0 aromatic heterocycles. The Bertz CT molecular complexity index is 887. The molecule has 0 saturated heterocycles. The third-order valence-electron chi connectivity index (χ3n) is 3.85. The first kappa shape index (κ1) is 19.7. The summed E-state index contributed by atoms with van der Waals surface area (Å²) in [6.45, 7) is 1.80. The maximum Gasteiger partial charge on any atom is 0.263 e. The van der Waals surface area contributed by atoms with Crippen molar-refractivity contribution in [2.45, 2.75) is 13.0 Å². The van der Waals surface area contributed by atoms with Crippen LogP contribution in [0.4, 0.5) is 5.69 Å². The normalized spacial score (nSPS) is 11.9. The van der Waals surface area contributed by atoms with Crippen LogP contribution >= 0.6 is 0 Å². The minimum atomic E-state index is -0.521. The number of aromatic hydroxyl groups is 1. The van der Waals surface area contributed by atoms with E-state index in [2.05, 4.69) is 10.6 Å². The molecule has 2 rings (SSSR count). The highest BCUT2D eigenvalue weighted by Gasteiger charge is 2.15. The lowest BCUT2D eigenvalue weighted by Gasteiger charge is -2.16. The highest BCUT2D eigenvalue weighted by Crippen LogP contribution is 2.29. The molecule has 0 aliphatic heterocycles. The van der Waals surface area contributed by atoms with Gasteiger partial charge in [-0.1, -0.05) is 12.1 Å². The molecule has 2 aromatic carbocycles. The summed E-state index contributed by atoms with van der Waals surface area (Å²) in [4.78, 5) is 12.4. The number of anilines is 1. The Kier molecular flexibility index (Phi) is 6.67. The fourth-order valence-electron chi connectivity index (χ4n) is 2.38. The van der Waals surface area contributed by atoms with Gasteiger partial charge in [-0.3, -0.25) is 4.79 Å². The number of methoxy groups -OCH3 is 2. The van der Waals surface area contributed by atoms with Gasteiger partial charge in [0.1, 0.15) is 17.4 Å². The molecule has 7 nitrogen and oxygen atoms in total. The largest absolute Gasteiger partial charge is 0.508 e. The van der Waals surface area contributed by atoms with Gasteiger partial charge in [0.2, 0.25) is 0 Å². The predicted octanol–water partition coefficient (Wildman–Crippen LogP) is 3.11. The van der Waals surface area contributed by atoms with Crippen molar-refractivity contribution in [2.24, 2.45) is 0 Å². The lowest BCUT2D eigenvalue weighted by atomic mass is 10.1. The standard InChI is InChI=1S/C20H21N3O4/c1-13(14-7-8-18(26-2)19(9-14)27-3)23-20(25)15(11-21)12-22-16-5-4-6-17(24)10-16/h4-10,12-13,22,24H,1-3H3,(H,23,25)/b15-12-. The molecule has 3 N–H and O–H groups in total. The topological polar surface area (TPSA) is 104 Å². The van der Waals surface area contributed by atoms with Crippen LogP contribution in [0.2, 0.25) is 0 Å². The van der Waals surface area contributed by atoms with Gasteiger partial charge < -0.3 is 25.2 Å². The number of hydrogen-bond donors (Lipinski definition) is 3. The maximum atomic E-state index is 12.4. The number of carbonyl (C=O) groups excluding carboxylic acids is 1. The Morgan fingerprint density at radius 3 is 2.56 bits per heavy atom. The first-order valence-corrected chi connectivity index (χ1v) is 8.17. The van der Waals surface area contributed by atoms with Gasteiger partial charge >= 0.3 is 0 Å². The van der Waals surface area contributed by atoms with E-state index in [1.807, 2.05) is 12.1 Å². The van der Waals surface area contributed by atoms with Gasteiger partial charge in [-0.2, -0.15) is 5.26 Å². The molecule has 0 fully saturated rings. The molecule has 1 atom stereocenters. The van der Waals surface area contributed by atoms with E-state index in [9.17, 15) is 15.2 Å². The number of rotatable bonds is 7. The highest BCUT2D eigenvalue weighted by molar-refractivity contribution is 5.97. The fraction of sp³-hybridized carbons (Fsp3) is 0.200. The molecule has 0 aliphatic carbocycles. The Morgan fingerprint density at radius 2 is 1.93 bits per heavy atom. The van der Waals surface area contributed by atoms with Crippen molar-refractivity contribution < 1.29 is 19.4 Å². The van der Waals surface area contributed by atoms with E-state index >= 15 is 0 Å². The van der Waals surface area contributed by atoms with E-state index < -0.39 is 5.91 Å². The molecule has 0 heterocycles. The van der Waals surface area contributed by atoms with Crippen LogP contribution in [0.5, 0.6) is 17.2 Å². The summed E-state index contributed by atoms with van der Waals surface area (Å²) < 4.78 is 10.5. The first-order valence-electron chi connectivity index (χ1n) is 8.17. The van der Waals surface area contributed by atoms with Crippen LogP contribution in [-0.4, -0.2) is 25.2 Å². The van der Waals surface area contributed by atoms with Crippen molar-refractivity contribution in [1.29, 1.82) is 5.26 Å². The van der Waals surface area contributed by atoms with Crippen LogP contribution < -0.4 is 20.1 Å². The number of ether oxygens (including phenoxy) is 2. The second-order valence-corrected chi connectivity index (χ2v) is 5.67. The predicted molar refractivity (Wildman–Crippen MR) is 102 cm³/mol. The molecule has 0 bridgehead atoms. The van der Waals surface area contributed by atoms with E-state index in [1.54, 1.807) is 38.3 Å². The molecular weight excluding hydrogens is 346 g/mol. The van der Waals surface area contributed by atoms with E-state index in [0.717, 1.165) is 5.56 Å². The van der Waals surface area contributed by atoms with E-state index in [4.69, 9.17) is 9.47 Å². The summed E-state index contributed by atoms with van der Waals surface area (Å²) in [5.74, 6) is 0.705. The number of nitriles is 1. The minimum absolute atomic E-state index is 0.0819. The lowest BCUT2D eigenvalue weighted by Crippen LogP contribution is -2.28. The van der Waals surface area contributed by atoms with Crippen molar-refractivity contribution in [3.63, 3.8) is 0 Å². The highest BCUT2D eigenvalue weighted by atomic mass is 16.5.